The normalized spacial score (nSPS) is 22.9. The second-order valence-corrected chi connectivity index (χ2v) is 18.0. The van der Waals surface area contributed by atoms with Gasteiger partial charge >= 0.3 is 12.2 Å². The minimum absolute atomic E-state index is 0.105. The number of carbonyl (C=O) groups is 4. The Morgan fingerprint density at radius 2 is 1.16 bits per heavy atom. The molecule has 4 heterocycles. The summed E-state index contributed by atoms with van der Waals surface area (Å²) in [5, 5.41) is 5.47. The highest BCUT2D eigenvalue weighted by molar-refractivity contribution is 5.87. The number of imidazole rings is 2. The fraction of sp³-hybridized carbons (Fsp3) is 0.532. The molecule has 0 spiro atoms. The molecule has 4 N–H and O–H groups in total. The average Bonchev–Trinajstić information content (AvgIpc) is 4.12. The van der Waals surface area contributed by atoms with Crippen molar-refractivity contribution < 1.29 is 28.7 Å². The molecule has 2 aromatic carbocycles. The third-order valence-corrected chi connectivity index (χ3v) is 13.8. The molecule has 0 bridgehead atoms. The lowest BCUT2D eigenvalue weighted by atomic mass is 9.87. The molecule has 7 unspecified atom stereocenters. The summed E-state index contributed by atoms with van der Waals surface area (Å²) in [6.07, 6.45) is 9.46. The van der Waals surface area contributed by atoms with Crippen LogP contribution in [0.4, 0.5) is 9.59 Å². The summed E-state index contributed by atoms with van der Waals surface area (Å²) in [7, 11) is 2.61. The molecule has 324 valence electrons. The fourth-order valence-electron chi connectivity index (χ4n) is 10.7. The lowest BCUT2D eigenvalue weighted by molar-refractivity contribution is -0.136. The number of hydrogen-bond acceptors (Lipinski definition) is 8. The second-order valence-electron chi connectivity index (χ2n) is 18.0. The number of aromatic nitrogens is 4. The van der Waals surface area contributed by atoms with E-state index in [1.54, 1.807) is 0 Å². The third-order valence-electron chi connectivity index (χ3n) is 13.8. The third kappa shape index (κ3) is 7.89. The van der Waals surface area contributed by atoms with E-state index < -0.39 is 24.3 Å². The van der Waals surface area contributed by atoms with Crippen LogP contribution in [0.1, 0.15) is 126 Å². The Hall–Kier alpha value is -5.66. The van der Waals surface area contributed by atoms with Crippen molar-refractivity contribution in [2.45, 2.75) is 116 Å². The van der Waals surface area contributed by atoms with Crippen LogP contribution in [-0.2, 0) is 19.1 Å². The van der Waals surface area contributed by atoms with E-state index in [0.29, 0.717) is 30.8 Å². The van der Waals surface area contributed by atoms with Crippen molar-refractivity contribution in [3.05, 3.63) is 71.6 Å². The van der Waals surface area contributed by atoms with Gasteiger partial charge in [0.2, 0.25) is 11.8 Å². The van der Waals surface area contributed by atoms with Crippen LogP contribution in [0.3, 0.4) is 0 Å². The monoisotopic (exact) mass is 832 g/mol. The molecule has 61 heavy (non-hydrogen) atoms. The summed E-state index contributed by atoms with van der Waals surface area (Å²) in [5.41, 5.74) is 9.30. The first-order valence-corrected chi connectivity index (χ1v) is 22.1. The highest BCUT2D eigenvalue weighted by atomic mass is 16.5. The van der Waals surface area contributed by atoms with E-state index in [-0.39, 0.29) is 35.7 Å². The maximum absolute atomic E-state index is 13.8. The molecule has 8 rings (SSSR count). The second kappa shape index (κ2) is 17.4. The van der Waals surface area contributed by atoms with Crippen molar-refractivity contribution in [3.63, 3.8) is 0 Å². The number of benzene rings is 2. The minimum atomic E-state index is -0.688. The molecule has 0 radical (unpaired) electrons. The van der Waals surface area contributed by atoms with Gasteiger partial charge < -0.3 is 39.9 Å². The lowest BCUT2D eigenvalue weighted by Gasteiger charge is -2.30. The first-order valence-electron chi connectivity index (χ1n) is 22.1. The first kappa shape index (κ1) is 42.0. The van der Waals surface area contributed by atoms with E-state index in [2.05, 4.69) is 63.9 Å². The zero-order valence-corrected chi connectivity index (χ0v) is 36.4. The Morgan fingerprint density at radius 3 is 1.70 bits per heavy atom. The number of likely N-dealkylation sites (tertiary alicyclic amines) is 2. The van der Waals surface area contributed by atoms with Gasteiger partial charge in [0, 0.05) is 18.7 Å². The van der Waals surface area contributed by atoms with E-state index in [9.17, 15) is 19.2 Å². The molecule has 14 nitrogen and oxygen atoms in total. The van der Waals surface area contributed by atoms with Crippen molar-refractivity contribution in [3.8, 4) is 33.6 Å². The summed E-state index contributed by atoms with van der Waals surface area (Å²) >= 11 is 0. The number of nitrogens with zero attached hydrogens (tertiary/aromatic N) is 4. The number of aromatic amines is 2. The number of hydrogen-bond donors (Lipinski definition) is 4. The van der Waals surface area contributed by atoms with Crippen molar-refractivity contribution in [1.82, 2.24) is 40.4 Å². The number of ether oxygens (including phenoxy) is 2. The maximum atomic E-state index is 13.8. The number of methoxy groups -OCH3 is 2. The molecular weight excluding hydrogens is 773 g/mol. The van der Waals surface area contributed by atoms with Crippen LogP contribution in [0.25, 0.3) is 33.6 Å². The number of carbonyl (C=O) groups excluding carboxylic acids is 4. The van der Waals surface area contributed by atoms with E-state index >= 15 is 0 Å². The molecule has 7 atom stereocenters. The molecule has 14 heteroatoms. The Balaban J connectivity index is 1.04. The van der Waals surface area contributed by atoms with Crippen LogP contribution < -0.4 is 10.6 Å². The van der Waals surface area contributed by atoms with Gasteiger partial charge in [0.25, 0.3) is 0 Å². The van der Waals surface area contributed by atoms with Crippen molar-refractivity contribution in [1.29, 1.82) is 0 Å². The SMILES string of the molecule is COC(=O)NC(C(=O)N1CCCC1c1ncc(-c2ccc(-c3ccc(-c4cnc(C5CCCN5C(=O)C(NC(=O)OC)C(C)C)[nH]4)c4c3C3CCCC3C4C)cc2)[nH]1)C(C)C. The van der Waals surface area contributed by atoms with Gasteiger partial charge in [0.1, 0.15) is 23.7 Å². The van der Waals surface area contributed by atoms with Gasteiger partial charge in [-0.2, -0.15) is 0 Å². The quantitative estimate of drug-likeness (QED) is 0.117. The molecule has 2 saturated heterocycles. The summed E-state index contributed by atoms with van der Waals surface area (Å²) in [5.74, 6) is 2.52. The Bertz CT molecular complexity index is 2260. The molecule has 2 aliphatic heterocycles. The van der Waals surface area contributed by atoms with Crippen LogP contribution in [0, 0.1) is 17.8 Å². The molecule has 3 fully saturated rings. The summed E-state index contributed by atoms with van der Waals surface area (Å²) in [6, 6.07) is 11.4. The highest BCUT2D eigenvalue weighted by Gasteiger charge is 2.45. The number of H-pyrrole nitrogens is 2. The highest BCUT2D eigenvalue weighted by Crippen LogP contribution is 2.59. The van der Waals surface area contributed by atoms with Crippen molar-refractivity contribution in [2.75, 3.05) is 27.3 Å². The molecular formula is C47H60N8O6. The van der Waals surface area contributed by atoms with Gasteiger partial charge in [-0.25, -0.2) is 19.6 Å². The summed E-state index contributed by atoms with van der Waals surface area (Å²) in [6.45, 7) is 11.3. The van der Waals surface area contributed by atoms with Gasteiger partial charge in [0.15, 0.2) is 0 Å². The van der Waals surface area contributed by atoms with Gasteiger partial charge in [-0.15, -0.1) is 0 Å². The van der Waals surface area contributed by atoms with Crippen LogP contribution in [0.15, 0.2) is 48.8 Å². The predicted molar refractivity (Wildman–Crippen MR) is 231 cm³/mol. The number of rotatable bonds is 11. The zero-order chi connectivity index (χ0) is 43.1. The number of nitrogens with one attached hydrogen (secondary N) is 4. The van der Waals surface area contributed by atoms with Crippen molar-refractivity contribution in [2.24, 2.45) is 17.8 Å². The number of fused-ring (bicyclic) bond motifs is 3. The van der Waals surface area contributed by atoms with E-state index in [1.165, 1.54) is 61.3 Å². The molecule has 4 amide bonds. The summed E-state index contributed by atoms with van der Waals surface area (Å²) in [4.78, 5) is 72.2. The Morgan fingerprint density at radius 1 is 0.656 bits per heavy atom. The maximum Gasteiger partial charge on any atom is 0.407 e. The summed E-state index contributed by atoms with van der Waals surface area (Å²) < 4.78 is 9.62. The molecule has 2 aromatic heterocycles. The van der Waals surface area contributed by atoms with Crippen molar-refractivity contribution >= 4 is 24.0 Å². The fourth-order valence-corrected chi connectivity index (χ4v) is 10.7. The van der Waals surface area contributed by atoms with E-state index in [0.717, 1.165) is 54.3 Å². The largest absolute Gasteiger partial charge is 0.453 e. The number of amides is 4. The zero-order valence-electron chi connectivity index (χ0n) is 36.4. The van der Waals surface area contributed by atoms with Gasteiger partial charge in [-0.3, -0.25) is 9.59 Å². The molecule has 4 aliphatic rings. The molecule has 2 aliphatic carbocycles. The molecule has 1 saturated carbocycles. The van der Waals surface area contributed by atoms with Gasteiger partial charge in [-0.1, -0.05) is 77.4 Å². The first-order chi connectivity index (χ1) is 29.4. The topological polar surface area (TPSA) is 175 Å². The molecule has 4 aromatic rings. The van der Waals surface area contributed by atoms with Gasteiger partial charge in [0.05, 0.1) is 50.1 Å². The standard InChI is InChI=1S/C47H60N8O6/c1-25(2)40(52-46(58)60-6)44(56)54-21-9-13-36(54)42-48-23-34(50-42)29-17-15-28(16-18-29)31-19-20-33(38-27(5)30-11-8-12-32(30)39(31)38)35-24-49-43(51-35)37-14-10-22-55(37)45(57)41(26(3)4)53-47(59)61-7/h15-20,23-27,30,32,36-37,40-41H,8-14,21-22H2,1-7H3,(H,48,50)(H,49,51)(H,52,58)(H,53,59). The van der Waals surface area contributed by atoms with E-state index in [4.69, 9.17) is 19.4 Å². The van der Waals surface area contributed by atoms with Crippen LogP contribution >= 0.6 is 0 Å². The minimum Gasteiger partial charge on any atom is -0.453 e. The van der Waals surface area contributed by atoms with Crippen LogP contribution in [0.5, 0.6) is 0 Å². The van der Waals surface area contributed by atoms with Gasteiger partial charge in [-0.05, 0) is 95.9 Å². The van der Waals surface area contributed by atoms with E-state index in [1.807, 2.05) is 49.9 Å². The Labute approximate surface area is 358 Å². The lowest BCUT2D eigenvalue weighted by Crippen LogP contribution is -2.51. The van der Waals surface area contributed by atoms with Crippen LogP contribution in [-0.4, -0.2) is 93.1 Å². The van der Waals surface area contributed by atoms with Crippen LogP contribution in [0.2, 0.25) is 0 Å². The predicted octanol–water partition coefficient (Wildman–Crippen LogP) is 8.22. The smallest absolute Gasteiger partial charge is 0.407 e. The Kier molecular flexibility index (Phi) is 12.0. The average molecular weight is 833 g/mol. The number of alkyl carbamates (subject to hydrolysis) is 2.